The molecular formula is C14H19N3O3. The molecule has 1 saturated heterocycles. The lowest BCUT2D eigenvalue weighted by Gasteiger charge is -2.26. The number of ketones is 1. The summed E-state index contributed by atoms with van der Waals surface area (Å²) in [5.74, 6) is 0.0510. The zero-order chi connectivity index (χ0) is 14.4. The Bertz CT molecular complexity index is 467. The topological polar surface area (TPSA) is 75.5 Å². The Morgan fingerprint density at radius 1 is 1.25 bits per heavy atom. The molecule has 0 spiro atoms. The molecule has 0 atom stereocenters. The van der Waals surface area contributed by atoms with E-state index >= 15 is 0 Å². The molecule has 6 heteroatoms. The lowest BCUT2D eigenvalue weighted by molar-refractivity contribution is -0.384. The van der Waals surface area contributed by atoms with Gasteiger partial charge in [-0.05, 0) is 25.1 Å². The van der Waals surface area contributed by atoms with Crippen molar-refractivity contribution in [3.8, 4) is 0 Å². The highest BCUT2D eigenvalue weighted by Gasteiger charge is 2.12. The summed E-state index contributed by atoms with van der Waals surface area (Å²) in [5, 5.41) is 13.8. The number of nitro benzene ring substituents is 1. The molecule has 1 aliphatic heterocycles. The van der Waals surface area contributed by atoms with Crippen molar-refractivity contribution in [2.45, 2.75) is 12.8 Å². The van der Waals surface area contributed by atoms with Crippen LogP contribution in [0.1, 0.15) is 23.2 Å². The van der Waals surface area contributed by atoms with Gasteiger partial charge in [0.15, 0.2) is 5.78 Å². The Morgan fingerprint density at radius 3 is 2.50 bits per heavy atom. The van der Waals surface area contributed by atoms with Crippen LogP contribution in [0.2, 0.25) is 0 Å². The van der Waals surface area contributed by atoms with Gasteiger partial charge in [0, 0.05) is 50.3 Å². The van der Waals surface area contributed by atoms with E-state index in [-0.39, 0.29) is 11.5 Å². The fourth-order valence-electron chi connectivity index (χ4n) is 2.31. The van der Waals surface area contributed by atoms with Crippen LogP contribution in [-0.2, 0) is 0 Å². The van der Waals surface area contributed by atoms with Crippen molar-refractivity contribution in [2.75, 3.05) is 32.7 Å². The fourth-order valence-corrected chi connectivity index (χ4v) is 2.31. The number of hydrogen-bond acceptors (Lipinski definition) is 5. The van der Waals surface area contributed by atoms with Crippen LogP contribution in [0.4, 0.5) is 5.69 Å². The SMILES string of the molecule is O=C(CCCN1CCNCC1)c1ccc([N+](=O)[O-])cc1. The predicted octanol–water partition coefficient (Wildman–Crippen LogP) is 1.46. The number of nitrogens with one attached hydrogen (secondary N) is 1. The molecule has 108 valence electrons. The monoisotopic (exact) mass is 277 g/mol. The molecule has 6 nitrogen and oxygen atoms in total. The Labute approximate surface area is 117 Å². The van der Waals surface area contributed by atoms with E-state index in [1.807, 2.05) is 0 Å². The molecule has 0 bridgehead atoms. The normalized spacial score (nSPS) is 16.0. The minimum absolute atomic E-state index is 0.0161. The second kappa shape index (κ2) is 7.12. The molecule has 0 unspecified atom stereocenters. The number of non-ortho nitro benzene ring substituents is 1. The number of benzene rings is 1. The number of hydrogen-bond donors (Lipinski definition) is 1. The van der Waals surface area contributed by atoms with Crippen LogP contribution in [0.5, 0.6) is 0 Å². The summed E-state index contributed by atoms with van der Waals surface area (Å²) < 4.78 is 0. The van der Waals surface area contributed by atoms with E-state index in [0.717, 1.165) is 39.1 Å². The second-order valence-electron chi connectivity index (χ2n) is 4.92. The molecule has 0 amide bonds. The molecular weight excluding hydrogens is 258 g/mol. The van der Waals surface area contributed by atoms with E-state index in [2.05, 4.69) is 10.2 Å². The average molecular weight is 277 g/mol. The summed E-state index contributed by atoms with van der Waals surface area (Å²) in [6.07, 6.45) is 1.32. The van der Waals surface area contributed by atoms with Crippen LogP contribution in [0.3, 0.4) is 0 Å². The number of nitrogens with zero attached hydrogens (tertiary/aromatic N) is 2. The fraction of sp³-hybridized carbons (Fsp3) is 0.500. The Hall–Kier alpha value is -1.79. The van der Waals surface area contributed by atoms with Crippen LogP contribution in [0.25, 0.3) is 0 Å². The number of Topliss-reactive ketones (excluding diaryl/α,β-unsaturated/α-hetero) is 1. The molecule has 20 heavy (non-hydrogen) atoms. The van der Waals surface area contributed by atoms with Crippen LogP contribution in [0.15, 0.2) is 24.3 Å². The van der Waals surface area contributed by atoms with E-state index in [1.165, 1.54) is 24.3 Å². The van der Waals surface area contributed by atoms with Gasteiger partial charge >= 0.3 is 0 Å². The first-order chi connectivity index (χ1) is 9.66. The zero-order valence-corrected chi connectivity index (χ0v) is 11.4. The van der Waals surface area contributed by atoms with Crippen molar-refractivity contribution in [3.63, 3.8) is 0 Å². The number of nitro groups is 1. The number of piperazine rings is 1. The first-order valence-corrected chi connectivity index (χ1v) is 6.87. The van der Waals surface area contributed by atoms with Crippen molar-refractivity contribution >= 4 is 11.5 Å². The highest BCUT2D eigenvalue weighted by molar-refractivity contribution is 5.96. The van der Waals surface area contributed by atoms with E-state index in [4.69, 9.17) is 0 Å². The van der Waals surface area contributed by atoms with Crippen LogP contribution < -0.4 is 5.32 Å². The molecule has 1 fully saturated rings. The maximum atomic E-state index is 12.0. The minimum atomic E-state index is -0.460. The maximum Gasteiger partial charge on any atom is 0.269 e. The highest BCUT2D eigenvalue weighted by Crippen LogP contribution is 2.14. The molecule has 1 aromatic rings. The van der Waals surface area contributed by atoms with Crippen molar-refractivity contribution in [1.29, 1.82) is 0 Å². The number of carbonyl (C=O) groups excluding carboxylic acids is 1. The third-order valence-electron chi connectivity index (χ3n) is 3.49. The van der Waals surface area contributed by atoms with Gasteiger partial charge in [0.1, 0.15) is 0 Å². The minimum Gasteiger partial charge on any atom is -0.314 e. The van der Waals surface area contributed by atoms with E-state index < -0.39 is 4.92 Å². The Morgan fingerprint density at radius 2 is 1.90 bits per heavy atom. The third kappa shape index (κ3) is 4.11. The van der Waals surface area contributed by atoms with Gasteiger partial charge in [-0.15, -0.1) is 0 Å². The molecule has 1 aromatic carbocycles. The highest BCUT2D eigenvalue weighted by atomic mass is 16.6. The van der Waals surface area contributed by atoms with Crippen molar-refractivity contribution in [2.24, 2.45) is 0 Å². The molecule has 0 aromatic heterocycles. The average Bonchev–Trinajstić information content (AvgIpc) is 2.48. The summed E-state index contributed by atoms with van der Waals surface area (Å²) in [6.45, 7) is 5.02. The maximum absolute atomic E-state index is 12.0. The Balaban J connectivity index is 1.77. The van der Waals surface area contributed by atoms with Gasteiger partial charge in [-0.3, -0.25) is 14.9 Å². The molecule has 0 aliphatic carbocycles. The van der Waals surface area contributed by atoms with Gasteiger partial charge in [0.05, 0.1) is 4.92 Å². The zero-order valence-electron chi connectivity index (χ0n) is 11.4. The lowest BCUT2D eigenvalue weighted by atomic mass is 10.1. The van der Waals surface area contributed by atoms with Crippen LogP contribution in [0, 0.1) is 10.1 Å². The predicted molar refractivity (Wildman–Crippen MR) is 76.0 cm³/mol. The summed E-state index contributed by atoms with van der Waals surface area (Å²) in [6, 6.07) is 5.82. The van der Waals surface area contributed by atoms with Crippen LogP contribution >= 0.6 is 0 Å². The van der Waals surface area contributed by atoms with E-state index in [0.29, 0.717) is 12.0 Å². The van der Waals surface area contributed by atoms with Gasteiger partial charge < -0.3 is 10.2 Å². The molecule has 0 saturated carbocycles. The smallest absolute Gasteiger partial charge is 0.269 e. The van der Waals surface area contributed by atoms with E-state index in [9.17, 15) is 14.9 Å². The molecule has 2 rings (SSSR count). The largest absolute Gasteiger partial charge is 0.314 e. The first kappa shape index (κ1) is 14.6. The Kier molecular flexibility index (Phi) is 5.20. The number of rotatable bonds is 6. The molecule has 1 heterocycles. The second-order valence-corrected chi connectivity index (χ2v) is 4.92. The summed E-state index contributed by atoms with van der Waals surface area (Å²) in [4.78, 5) is 24.4. The molecule has 1 aliphatic rings. The van der Waals surface area contributed by atoms with Gasteiger partial charge in [-0.25, -0.2) is 0 Å². The standard InChI is InChI=1S/C14H19N3O3/c18-14(2-1-9-16-10-7-15-8-11-16)12-3-5-13(6-4-12)17(19)20/h3-6,15H,1-2,7-11H2. The first-order valence-electron chi connectivity index (χ1n) is 6.87. The summed E-state index contributed by atoms with van der Waals surface area (Å²) in [5.41, 5.74) is 0.568. The van der Waals surface area contributed by atoms with Gasteiger partial charge in [0.2, 0.25) is 0 Å². The van der Waals surface area contributed by atoms with Crippen molar-refractivity contribution < 1.29 is 9.72 Å². The van der Waals surface area contributed by atoms with Crippen LogP contribution in [-0.4, -0.2) is 48.3 Å². The summed E-state index contributed by atoms with van der Waals surface area (Å²) >= 11 is 0. The van der Waals surface area contributed by atoms with Gasteiger partial charge in [0.25, 0.3) is 5.69 Å². The van der Waals surface area contributed by atoms with Gasteiger partial charge in [-0.1, -0.05) is 0 Å². The molecule has 0 radical (unpaired) electrons. The van der Waals surface area contributed by atoms with Crippen molar-refractivity contribution in [3.05, 3.63) is 39.9 Å². The van der Waals surface area contributed by atoms with Gasteiger partial charge in [-0.2, -0.15) is 0 Å². The number of carbonyl (C=O) groups is 1. The summed E-state index contributed by atoms with van der Waals surface area (Å²) in [7, 11) is 0. The van der Waals surface area contributed by atoms with Crippen molar-refractivity contribution in [1.82, 2.24) is 10.2 Å². The lowest BCUT2D eigenvalue weighted by Crippen LogP contribution is -2.43. The quantitative estimate of drug-likeness (QED) is 0.484. The third-order valence-corrected chi connectivity index (χ3v) is 3.49. The molecule has 1 N–H and O–H groups in total. The van der Waals surface area contributed by atoms with E-state index in [1.54, 1.807) is 0 Å².